The van der Waals surface area contributed by atoms with Gasteiger partial charge in [0.05, 0.1) is 5.51 Å². The van der Waals surface area contributed by atoms with E-state index in [0.717, 1.165) is 16.8 Å². The van der Waals surface area contributed by atoms with Crippen LogP contribution in [0.1, 0.15) is 29.0 Å². The van der Waals surface area contributed by atoms with Gasteiger partial charge in [0.2, 0.25) is 0 Å². The summed E-state index contributed by atoms with van der Waals surface area (Å²) in [5.74, 6) is -1.84. The van der Waals surface area contributed by atoms with Crippen LogP contribution in [-0.4, -0.2) is 24.5 Å². The maximum Gasteiger partial charge on any atom is 0.356 e. The second kappa shape index (κ2) is 5.88. The number of nitrogens with zero attached hydrogens (tertiary/aromatic N) is 1. The Kier molecular flexibility index (Phi) is 4.35. The van der Waals surface area contributed by atoms with E-state index < -0.39 is 33.5 Å². The van der Waals surface area contributed by atoms with Crippen LogP contribution >= 0.6 is 11.3 Å². The summed E-state index contributed by atoms with van der Waals surface area (Å²) < 4.78 is 39.2. The van der Waals surface area contributed by atoms with Gasteiger partial charge in [0.25, 0.3) is 10.0 Å². The van der Waals surface area contributed by atoms with Gasteiger partial charge >= 0.3 is 5.97 Å². The van der Waals surface area contributed by atoms with E-state index in [-0.39, 0.29) is 4.21 Å². The Morgan fingerprint density at radius 2 is 2.00 bits per heavy atom. The summed E-state index contributed by atoms with van der Waals surface area (Å²) in [6.45, 7) is 1.58. The molecule has 0 radical (unpaired) electrons. The van der Waals surface area contributed by atoms with Gasteiger partial charge in [0.1, 0.15) is 5.82 Å². The molecule has 1 aromatic carbocycles. The minimum atomic E-state index is -4.02. The molecule has 0 aliphatic heterocycles. The van der Waals surface area contributed by atoms with E-state index in [4.69, 9.17) is 5.11 Å². The minimum Gasteiger partial charge on any atom is -0.476 e. The van der Waals surface area contributed by atoms with Crippen molar-refractivity contribution in [3.8, 4) is 0 Å². The van der Waals surface area contributed by atoms with Crippen LogP contribution in [0.15, 0.2) is 34.0 Å². The summed E-state index contributed by atoms with van der Waals surface area (Å²) in [5.41, 5.74) is 1.20. The first-order valence-electron chi connectivity index (χ1n) is 5.76. The summed E-state index contributed by atoms with van der Waals surface area (Å²) in [7, 11) is -4.02. The molecule has 9 heteroatoms. The molecule has 21 heavy (non-hydrogen) atoms. The largest absolute Gasteiger partial charge is 0.476 e. The highest BCUT2D eigenvalue weighted by Gasteiger charge is 2.27. The molecule has 6 nitrogen and oxygen atoms in total. The van der Waals surface area contributed by atoms with Crippen molar-refractivity contribution in [2.75, 3.05) is 0 Å². The van der Waals surface area contributed by atoms with E-state index in [1.54, 1.807) is 6.92 Å². The molecule has 2 N–H and O–H groups in total. The van der Waals surface area contributed by atoms with Crippen molar-refractivity contribution in [3.63, 3.8) is 0 Å². The number of hydrogen-bond donors (Lipinski definition) is 2. The molecule has 0 amide bonds. The Balaban J connectivity index is 2.27. The summed E-state index contributed by atoms with van der Waals surface area (Å²) in [6, 6.07) is 4.70. The van der Waals surface area contributed by atoms with Crippen molar-refractivity contribution >= 4 is 27.3 Å². The number of halogens is 1. The van der Waals surface area contributed by atoms with Crippen LogP contribution in [0.25, 0.3) is 0 Å². The molecule has 0 saturated heterocycles. The summed E-state index contributed by atoms with van der Waals surface area (Å²) in [4.78, 5) is 14.5. The molecule has 1 heterocycles. The van der Waals surface area contributed by atoms with Crippen LogP contribution in [0.4, 0.5) is 4.39 Å². The van der Waals surface area contributed by atoms with Crippen molar-refractivity contribution in [2.24, 2.45) is 0 Å². The zero-order valence-corrected chi connectivity index (χ0v) is 12.4. The van der Waals surface area contributed by atoms with Crippen molar-refractivity contribution < 1.29 is 22.7 Å². The van der Waals surface area contributed by atoms with E-state index in [1.807, 2.05) is 0 Å². The van der Waals surface area contributed by atoms with E-state index >= 15 is 0 Å². The Morgan fingerprint density at radius 3 is 2.57 bits per heavy atom. The number of aromatic carboxylic acids is 1. The van der Waals surface area contributed by atoms with E-state index in [9.17, 15) is 17.6 Å². The van der Waals surface area contributed by atoms with E-state index in [1.165, 1.54) is 24.3 Å². The second-order valence-electron chi connectivity index (χ2n) is 4.19. The molecule has 0 spiro atoms. The van der Waals surface area contributed by atoms with Gasteiger partial charge in [-0.2, -0.15) is 0 Å². The lowest BCUT2D eigenvalue weighted by molar-refractivity contribution is 0.0687. The van der Waals surface area contributed by atoms with Crippen LogP contribution in [0.2, 0.25) is 0 Å². The van der Waals surface area contributed by atoms with Crippen LogP contribution in [-0.2, 0) is 10.0 Å². The fourth-order valence-electron chi connectivity index (χ4n) is 1.67. The van der Waals surface area contributed by atoms with Crippen molar-refractivity contribution in [1.29, 1.82) is 0 Å². The number of nitrogens with one attached hydrogen (secondary N) is 1. The lowest BCUT2D eigenvalue weighted by Crippen LogP contribution is -2.27. The lowest BCUT2D eigenvalue weighted by Gasteiger charge is -2.14. The highest BCUT2D eigenvalue weighted by molar-refractivity contribution is 7.91. The zero-order valence-electron chi connectivity index (χ0n) is 10.8. The molecule has 0 aliphatic carbocycles. The number of thiazole rings is 1. The quantitative estimate of drug-likeness (QED) is 0.874. The maximum absolute atomic E-state index is 12.8. The Labute approximate surface area is 124 Å². The van der Waals surface area contributed by atoms with Gasteiger partial charge in [0, 0.05) is 6.04 Å². The van der Waals surface area contributed by atoms with Gasteiger partial charge in [-0.05, 0) is 24.6 Å². The summed E-state index contributed by atoms with van der Waals surface area (Å²) >= 11 is 0.722. The van der Waals surface area contributed by atoms with Crippen LogP contribution in [0.3, 0.4) is 0 Å². The van der Waals surface area contributed by atoms with Gasteiger partial charge < -0.3 is 5.11 Å². The zero-order chi connectivity index (χ0) is 15.6. The number of hydrogen-bond acceptors (Lipinski definition) is 5. The Hall–Kier alpha value is -1.84. The highest BCUT2D eigenvalue weighted by Crippen LogP contribution is 2.23. The summed E-state index contributed by atoms with van der Waals surface area (Å²) in [5, 5.41) is 8.91. The molecule has 1 aromatic heterocycles. The van der Waals surface area contributed by atoms with Gasteiger partial charge in [0.15, 0.2) is 9.90 Å². The molecule has 112 valence electrons. The highest BCUT2D eigenvalue weighted by atomic mass is 32.2. The average Bonchev–Trinajstić information content (AvgIpc) is 2.89. The number of aromatic nitrogens is 1. The first-order chi connectivity index (χ1) is 9.81. The van der Waals surface area contributed by atoms with Crippen molar-refractivity contribution in [1.82, 2.24) is 9.71 Å². The lowest BCUT2D eigenvalue weighted by atomic mass is 10.1. The number of carboxylic acids is 1. The number of carbonyl (C=O) groups is 1. The standard InChI is InChI=1S/C12H11FN2O4S2/c1-7(8-2-4-9(13)5-3-8)15-21(18,19)12-10(11(16)17)14-6-20-12/h2-7,15H,1H3,(H,16,17). The number of sulfonamides is 1. The van der Waals surface area contributed by atoms with Gasteiger partial charge in [-0.15, -0.1) is 11.3 Å². The van der Waals surface area contributed by atoms with Gasteiger partial charge in [-0.3, -0.25) is 0 Å². The number of benzene rings is 1. The Morgan fingerprint density at radius 1 is 1.38 bits per heavy atom. The second-order valence-corrected chi connectivity index (χ2v) is 6.95. The summed E-state index contributed by atoms with van der Waals surface area (Å²) in [6.07, 6.45) is 0. The van der Waals surface area contributed by atoms with Gasteiger partial charge in [-0.1, -0.05) is 12.1 Å². The third kappa shape index (κ3) is 3.43. The fraction of sp³-hybridized carbons (Fsp3) is 0.167. The molecular weight excluding hydrogens is 319 g/mol. The fourth-order valence-corrected chi connectivity index (χ4v) is 4.06. The monoisotopic (exact) mass is 330 g/mol. The SMILES string of the molecule is CC(NS(=O)(=O)c1scnc1C(=O)O)c1ccc(F)cc1. The topological polar surface area (TPSA) is 96.4 Å². The molecular formula is C12H11FN2O4S2. The van der Waals surface area contributed by atoms with E-state index in [2.05, 4.69) is 9.71 Å². The predicted molar refractivity (Wildman–Crippen MR) is 74.2 cm³/mol. The Bertz CT molecular complexity index is 756. The molecule has 0 bridgehead atoms. The van der Waals surface area contributed by atoms with Crippen molar-refractivity contribution in [2.45, 2.75) is 17.2 Å². The molecule has 0 fully saturated rings. The maximum atomic E-state index is 12.8. The molecule has 1 atom stereocenters. The smallest absolute Gasteiger partial charge is 0.356 e. The first kappa shape index (κ1) is 15.5. The first-order valence-corrected chi connectivity index (χ1v) is 8.12. The molecule has 2 aromatic rings. The average molecular weight is 330 g/mol. The van der Waals surface area contributed by atoms with Crippen LogP contribution < -0.4 is 4.72 Å². The number of rotatable bonds is 5. The normalized spacial score (nSPS) is 13.0. The van der Waals surface area contributed by atoms with Crippen LogP contribution in [0.5, 0.6) is 0 Å². The molecule has 0 aliphatic rings. The van der Waals surface area contributed by atoms with Crippen molar-refractivity contribution in [3.05, 3.63) is 46.9 Å². The van der Waals surface area contributed by atoms with Gasteiger partial charge in [-0.25, -0.2) is 27.3 Å². The predicted octanol–water partition coefficient (Wildman–Crippen LogP) is 2.02. The van der Waals surface area contributed by atoms with E-state index in [0.29, 0.717) is 5.56 Å². The number of carboxylic acid groups (broad SMARTS) is 1. The molecule has 1 unspecified atom stereocenters. The molecule has 2 rings (SSSR count). The minimum absolute atomic E-state index is 0.357. The van der Waals surface area contributed by atoms with Crippen LogP contribution in [0, 0.1) is 5.82 Å². The third-order valence-electron chi connectivity index (χ3n) is 2.68. The third-order valence-corrected chi connectivity index (χ3v) is 5.59. The molecule has 0 saturated carbocycles.